The van der Waals surface area contributed by atoms with Gasteiger partial charge in [0.25, 0.3) is 0 Å². The summed E-state index contributed by atoms with van der Waals surface area (Å²) >= 11 is 0. The Hall–Kier alpha value is -1.64. The van der Waals surface area contributed by atoms with Crippen molar-refractivity contribution in [1.82, 2.24) is 25.4 Å². The summed E-state index contributed by atoms with van der Waals surface area (Å²) < 4.78 is 1.98. The predicted molar refractivity (Wildman–Crippen MR) is 113 cm³/mol. The van der Waals surface area contributed by atoms with E-state index in [1.807, 2.05) is 18.5 Å². The Morgan fingerprint density at radius 1 is 1.16 bits per heavy atom. The zero-order valence-electron chi connectivity index (χ0n) is 15.5. The summed E-state index contributed by atoms with van der Waals surface area (Å²) in [5.74, 6) is 2.62. The van der Waals surface area contributed by atoms with E-state index >= 15 is 0 Å². The Labute approximate surface area is 167 Å². The van der Waals surface area contributed by atoms with E-state index < -0.39 is 0 Å². The molecule has 0 unspecified atom stereocenters. The minimum atomic E-state index is 0. The summed E-state index contributed by atoms with van der Waals surface area (Å²) in [6, 6.07) is 8.34. The molecule has 138 valence electrons. The number of aliphatic imine (C=N–C) groups is 1. The average Bonchev–Trinajstić information content (AvgIpc) is 2.90. The van der Waals surface area contributed by atoms with E-state index in [-0.39, 0.29) is 24.0 Å². The van der Waals surface area contributed by atoms with Crippen molar-refractivity contribution >= 4 is 29.9 Å². The summed E-state index contributed by atoms with van der Waals surface area (Å²) in [5.41, 5.74) is 2.50. The smallest absolute Gasteiger partial charge is 0.191 e. The second-order valence-corrected chi connectivity index (χ2v) is 5.95. The predicted octanol–water partition coefficient (Wildman–Crippen LogP) is 3.09. The molecule has 0 bridgehead atoms. The van der Waals surface area contributed by atoms with Gasteiger partial charge in [0.05, 0.1) is 13.1 Å². The molecule has 2 rings (SSSR count). The van der Waals surface area contributed by atoms with Gasteiger partial charge < -0.3 is 15.2 Å². The van der Waals surface area contributed by atoms with E-state index in [4.69, 9.17) is 4.99 Å². The second-order valence-electron chi connectivity index (χ2n) is 5.95. The number of hydrogen-bond acceptors (Lipinski definition) is 3. The Kier molecular flexibility index (Phi) is 9.48. The molecule has 0 spiro atoms. The topological polar surface area (TPSA) is 67.1 Å². The summed E-state index contributed by atoms with van der Waals surface area (Å²) in [5, 5.41) is 15.0. The van der Waals surface area contributed by atoms with Crippen LogP contribution < -0.4 is 10.6 Å². The minimum absolute atomic E-state index is 0. The van der Waals surface area contributed by atoms with Crippen LogP contribution >= 0.6 is 24.0 Å². The number of aromatic nitrogens is 3. The van der Waals surface area contributed by atoms with Crippen LogP contribution in [0.25, 0.3) is 0 Å². The summed E-state index contributed by atoms with van der Waals surface area (Å²) in [6.45, 7) is 8.42. The molecule has 2 aromatic rings. The number of aryl methyl sites for hydroxylation is 2. The first kappa shape index (κ1) is 21.4. The van der Waals surface area contributed by atoms with Gasteiger partial charge in [0.1, 0.15) is 5.82 Å². The van der Waals surface area contributed by atoms with Gasteiger partial charge in [-0.25, -0.2) is 4.99 Å². The van der Waals surface area contributed by atoms with Gasteiger partial charge in [0.2, 0.25) is 0 Å². The third kappa shape index (κ3) is 6.64. The van der Waals surface area contributed by atoms with Crippen LogP contribution in [0.2, 0.25) is 0 Å². The van der Waals surface area contributed by atoms with Crippen LogP contribution in [0.5, 0.6) is 0 Å². The lowest BCUT2D eigenvalue weighted by Crippen LogP contribution is -2.38. The van der Waals surface area contributed by atoms with E-state index in [1.54, 1.807) is 0 Å². The summed E-state index contributed by atoms with van der Waals surface area (Å²) in [6.07, 6.45) is 2.27. The van der Waals surface area contributed by atoms with Crippen molar-refractivity contribution in [3.63, 3.8) is 0 Å². The number of nitrogens with one attached hydrogen (secondary N) is 2. The SMILES string of the molecule is CCCCNC(=NCc1ccccc1C)NCc1nnc(C)n1C.I. The largest absolute Gasteiger partial charge is 0.356 e. The van der Waals surface area contributed by atoms with Gasteiger partial charge >= 0.3 is 0 Å². The molecule has 0 aliphatic carbocycles. The van der Waals surface area contributed by atoms with Crippen LogP contribution in [0.1, 0.15) is 42.5 Å². The third-order valence-corrected chi connectivity index (χ3v) is 4.09. The standard InChI is InChI=1S/C18H28N6.HI/c1-5-6-11-19-18(20-12-16-10-8-7-9-14(16)2)21-13-17-23-22-15(3)24(17)4;/h7-10H,5-6,11-13H2,1-4H3,(H2,19,20,21);1H. The molecule has 0 amide bonds. The Morgan fingerprint density at radius 2 is 1.92 bits per heavy atom. The Bertz CT molecular complexity index is 680. The lowest BCUT2D eigenvalue weighted by Gasteiger charge is -2.12. The molecule has 0 atom stereocenters. The molecule has 1 heterocycles. The first-order valence-electron chi connectivity index (χ1n) is 8.53. The van der Waals surface area contributed by atoms with Crippen LogP contribution in [-0.4, -0.2) is 27.3 Å². The normalized spacial score (nSPS) is 11.1. The molecule has 0 aliphatic heterocycles. The van der Waals surface area contributed by atoms with Gasteiger partial charge in [-0.2, -0.15) is 0 Å². The van der Waals surface area contributed by atoms with Gasteiger partial charge in [0.15, 0.2) is 11.8 Å². The molecule has 0 aliphatic rings. The fourth-order valence-corrected chi connectivity index (χ4v) is 2.28. The fraction of sp³-hybridized carbons (Fsp3) is 0.500. The maximum atomic E-state index is 4.72. The van der Waals surface area contributed by atoms with Crippen LogP contribution in [0, 0.1) is 13.8 Å². The average molecular weight is 456 g/mol. The first-order valence-corrected chi connectivity index (χ1v) is 8.53. The van der Waals surface area contributed by atoms with Gasteiger partial charge in [-0.15, -0.1) is 34.2 Å². The lowest BCUT2D eigenvalue weighted by molar-refractivity contribution is 0.695. The highest BCUT2D eigenvalue weighted by Gasteiger charge is 2.06. The number of unbranched alkanes of at least 4 members (excludes halogenated alkanes) is 1. The van der Waals surface area contributed by atoms with Crippen molar-refractivity contribution < 1.29 is 0 Å². The van der Waals surface area contributed by atoms with Gasteiger partial charge in [0, 0.05) is 13.6 Å². The van der Waals surface area contributed by atoms with E-state index in [0.29, 0.717) is 13.1 Å². The Morgan fingerprint density at radius 3 is 2.56 bits per heavy atom. The molecule has 25 heavy (non-hydrogen) atoms. The third-order valence-electron chi connectivity index (χ3n) is 4.09. The van der Waals surface area contributed by atoms with E-state index in [2.05, 4.69) is 58.9 Å². The van der Waals surface area contributed by atoms with E-state index in [9.17, 15) is 0 Å². The number of benzene rings is 1. The first-order chi connectivity index (χ1) is 11.6. The highest BCUT2D eigenvalue weighted by molar-refractivity contribution is 14.0. The van der Waals surface area contributed by atoms with Crippen LogP contribution in [0.3, 0.4) is 0 Å². The fourth-order valence-electron chi connectivity index (χ4n) is 2.28. The van der Waals surface area contributed by atoms with Crippen LogP contribution in [-0.2, 0) is 20.1 Å². The van der Waals surface area contributed by atoms with E-state index in [0.717, 1.165) is 37.0 Å². The van der Waals surface area contributed by atoms with Crippen LogP contribution in [0.4, 0.5) is 0 Å². The lowest BCUT2D eigenvalue weighted by atomic mass is 10.1. The molecule has 0 fully saturated rings. The molecule has 1 aromatic carbocycles. The van der Waals surface area contributed by atoms with Crippen molar-refractivity contribution in [2.24, 2.45) is 12.0 Å². The quantitative estimate of drug-likeness (QED) is 0.291. The van der Waals surface area contributed by atoms with Crippen molar-refractivity contribution in [1.29, 1.82) is 0 Å². The zero-order chi connectivity index (χ0) is 17.4. The maximum absolute atomic E-state index is 4.72. The summed E-state index contributed by atoms with van der Waals surface area (Å²) in [4.78, 5) is 4.72. The number of nitrogens with zero attached hydrogens (tertiary/aromatic N) is 4. The molecular weight excluding hydrogens is 427 g/mol. The Balaban J connectivity index is 0.00000312. The highest BCUT2D eigenvalue weighted by atomic mass is 127. The molecule has 2 N–H and O–H groups in total. The van der Waals surface area contributed by atoms with Gasteiger partial charge in [-0.1, -0.05) is 37.6 Å². The van der Waals surface area contributed by atoms with Crippen molar-refractivity contribution in [3.8, 4) is 0 Å². The maximum Gasteiger partial charge on any atom is 0.191 e. The summed E-state index contributed by atoms with van der Waals surface area (Å²) in [7, 11) is 1.97. The minimum Gasteiger partial charge on any atom is -0.356 e. The monoisotopic (exact) mass is 456 g/mol. The van der Waals surface area contributed by atoms with E-state index in [1.165, 1.54) is 11.1 Å². The van der Waals surface area contributed by atoms with Gasteiger partial charge in [-0.3, -0.25) is 0 Å². The molecular formula is C18H29IN6. The number of hydrogen-bond donors (Lipinski definition) is 2. The highest BCUT2D eigenvalue weighted by Crippen LogP contribution is 2.08. The molecule has 1 aromatic heterocycles. The molecule has 0 saturated carbocycles. The van der Waals surface area contributed by atoms with Crippen molar-refractivity contribution in [2.75, 3.05) is 6.54 Å². The van der Waals surface area contributed by atoms with Crippen LogP contribution in [0.15, 0.2) is 29.3 Å². The molecule has 0 saturated heterocycles. The number of guanidine groups is 1. The van der Waals surface area contributed by atoms with Crippen molar-refractivity contribution in [3.05, 3.63) is 47.0 Å². The number of halogens is 1. The second kappa shape index (κ2) is 11.1. The molecule has 6 nitrogen and oxygen atoms in total. The molecule has 0 radical (unpaired) electrons. The number of rotatable bonds is 7. The molecule has 7 heteroatoms. The zero-order valence-corrected chi connectivity index (χ0v) is 17.9. The van der Waals surface area contributed by atoms with Crippen molar-refractivity contribution in [2.45, 2.75) is 46.7 Å². The van der Waals surface area contributed by atoms with Gasteiger partial charge in [-0.05, 0) is 31.4 Å².